The summed E-state index contributed by atoms with van der Waals surface area (Å²) >= 11 is 0. The molecule has 2 rings (SSSR count). The van der Waals surface area contributed by atoms with E-state index in [-0.39, 0.29) is 12.5 Å². The first kappa shape index (κ1) is 15.0. The molecule has 2 aromatic rings. The molecule has 110 valence electrons. The van der Waals surface area contributed by atoms with E-state index < -0.39 is 5.54 Å². The fourth-order valence-electron chi connectivity index (χ4n) is 1.66. The third-order valence-electron chi connectivity index (χ3n) is 2.83. The zero-order valence-corrected chi connectivity index (χ0v) is 12.0. The average Bonchev–Trinajstić information content (AvgIpc) is 2.48. The van der Waals surface area contributed by atoms with Gasteiger partial charge in [0, 0.05) is 18.0 Å². The van der Waals surface area contributed by atoms with Gasteiger partial charge in [-0.15, -0.1) is 0 Å². The van der Waals surface area contributed by atoms with Gasteiger partial charge in [-0.2, -0.15) is 0 Å². The summed E-state index contributed by atoms with van der Waals surface area (Å²) in [6.45, 7) is 3.37. The highest BCUT2D eigenvalue weighted by molar-refractivity contribution is 5.95. The summed E-state index contributed by atoms with van der Waals surface area (Å²) in [5, 5.41) is 12.0. The zero-order chi connectivity index (χ0) is 15.3. The van der Waals surface area contributed by atoms with Gasteiger partial charge in [-0.05, 0) is 44.2 Å². The highest BCUT2D eigenvalue weighted by Gasteiger charge is 2.20. The Bertz CT molecular complexity index is 612. The number of aromatic nitrogens is 1. The molecule has 0 radical (unpaired) electrons. The molecule has 0 unspecified atom stereocenters. The van der Waals surface area contributed by atoms with Gasteiger partial charge < -0.3 is 15.2 Å². The predicted molar refractivity (Wildman–Crippen MR) is 79.4 cm³/mol. The highest BCUT2D eigenvalue weighted by atomic mass is 16.5. The molecule has 0 bridgehead atoms. The van der Waals surface area contributed by atoms with Crippen LogP contribution in [0, 0.1) is 0 Å². The minimum atomic E-state index is -0.668. The molecule has 0 atom stereocenters. The summed E-state index contributed by atoms with van der Waals surface area (Å²) in [7, 11) is 0. The molecule has 5 heteroatoms. The van der Waals surface area contributed by atoms with Gasteiger partial charge in [0.1, 0.15) is 11.5 Å². The Morgan fingerprint density at radius 3 is 2.62 bits per heavy atom. The Labute approximate surface area is 123 Å². The second kappa shape index (κ2) is 6.37. The predicted octanol–water partition coefficient (Wildman–Crippen LogP) is 2.37. The maximum atomic E-state index is 12.1. The van der Waals surface area contributed by atoms with Crippen molar-refractivity contribution >= 4 is 5.91 Å². The maximum Gasteiger partial charge on any atom is 0.251 e. The van der Waals surface area contributed by atoms with E-state index in [1.54, 1.807) is 62.6 Å². The molecule has 21 heavy (non-hydrogen) atoms. The molecule has 1 heterocycles. The average molecular weight is 286 g/mol. The van der Waals surface area contributed by atoms with Crippen LogP contribution in [-0.4, -0.2) is 28.1 Å². The standard InChI is InChI=1S/C16H18N2O3/c1-16(2,11-19)18-15(20)12-4-3-5-14(10-12)21-13-6-8-17-9-7-13/h3-10,19H,11H2,1-2H3,(H,18,20). The second-order valence-corrected chi connectivity index (χ2v) is 5.31. The molecule has 5 nitrogen and oxygen atoms in total. The van der Waals surface area contributed by atoms with E-state index in [1.807, 2.05) is 0 Å². The van der Waals surface area contributed by atoms with Crippen LogP contribution >= 0.6 is 0 Å². The summed E-state index contributed by atoms with van der Waals surface area (Å²) < 4.78 is 5.66. The number of benzene rings is 1. The van der Waals surface area contributed by atoms with Gasteiger partial charge in [-0.1, -0.05) is 6.07 Å². The lowest BCUT2D eigenvalue weighted by molar-refractivity contribution is 0.0869. The summed E-state index contributed by atoms with van der Waals surface area (Å²) in [5.41, 5.74) is -0.193. The first-order chi connectivity index (χ1) is 10.00. The fourth-order valence-corrected chi connectivity index (χ4v) is 1.66. The zero-order valence-electron chi connectivity index (χ0n) is 12.0. The van der Waals surface area contributed by atoms with Crippen molar-refractivity contribution < 1.29 is 14.6 Å². The number of carbonyl (C=O) groups excluding carboxylic acids is 1. The van der Waals surface area contributed by atoms with Crippen molar-refractivity contribution in [1.29, 1.82) is 0 Å². The van der Waals surface area contributed by atoms with Crippen molar-refractivity contribution in [1.82, 2.24) is 10.3 Å². The number of amides is 1. The molecule has 1 aromatic heterocycles. The molecule has 2 N–H and O–H groups in total. The Kier molecular flexibility index (Phi) is 4.55. The lowest BCUT2D eigenvalue weighted by Gasteiger charge is -2.23. The summed E-state index contributed by atoms with van der Waals surface area (Å²) in [5.74, 6) is 0.961. The maximum absolute atomic E-state index is 12.1. The van der Waals surface area contributed by atoms with Crippen molar-refractivity contribution in [3.63, 3.8) is 0 Å². The van der Waals surface area contributed by atoms with Crippen LogP contribution in [0.15, 0.2) is 48.8 Å². The van der Waals surface area contributed by atoms with E-state index in [9.17, 15) is 9.90 Å². The van der Waals surface area contributed by atoms with Crippen LogP contribution < -0.4 is 10.1 Å². The van der Waals surface area contributed by atoms with E-state index in [4.69, 9.17) is 4.74 Å². The van der Waals surface area contributed by atoms with Crippen molar-refractivity contribution in [2.45, 2.75) is 19.4 Å². The van der Waals surface area contributed by atoms with Crippen LogP contribution in [-0.2, 0) is 0 Å². The molecular formula is C16H18N2O3. The topological polar surface area (TPSA) is 71.5 Å². The van der Waals surface area contributed by atoms with Gasteiger partial charge >= 0.3 is 0 Å². The lowest BCUT2D eigenvalue weighted by Crippen LogP contribution is -2.46. The van der Waals surface area contributed by atoms with Crippen LogP contribution in [0.2, 0.25) is 0 Å². The van der Waals surface area contributed by atoms with Crippen LogP contribution in [0.3, 0.4) is 0 Å². The quantitative estimate of drug-likeness (QED) is 0.885. The number of rotatable bonds is 5. The number of carbonyl (C=O) groups is 1. The molecule has 1 amide bonds. The van der Waals surface area contributed by atoms with Crippen molar-refractivity contribution in [2.24, 2.45) is 0 Å². The molecule has 0 fully saturated rings. The second-order valence-electron chi connectivity index (χ2n) is 5.31. The van der Waals surface area contributed by atoms with Gasteiger partial charge in [-0.3, -0.25) is 9.78 Å². The first-order valence-electron chi connectivity index (χ1n) is 6.61. The number of hydrogen-bond acceptors (Lipinski definition) is 4. The summed E-state index contributed by atoms with van der Waals surface area (Å²) in [6, 6.07) is 10.3. The number of pyridine rings is 1. The fraction of sp³-hybridized carbons (Fsp3) is 0.250. The number of aliphatic hydroxyl groups excluding tert-OH is 1. The third kappa shape index (κ3) is 4.29. The molecular weight excluding hydrogens is 268 g/mol. The van der Waals surface area contributed by atoms with Gasteiger partial charge in [0.25, 0.3) is 5.91 Å². The van der Waals surface area contributed by atoms with Gasteiger partial charge in [-0.25, -0.2) is 0 Å². The van der Waals surface area contributed by atoms with E-state index in [1.165, 1.54) is 0 Å². The van der Waals surface area contributed by atoms with Crippen molar-refractivity contribution in [2.75, 3.05) is 6.61 Å². The molecule has 0 saturated heterocycles. The smallest absolute Gasteiger partial charge is 0.251 e. The van der Waals surface area contributed by atoms with E-state index >= 15 is 0 Å². The van der Waals surface area contributed by atoms with Crippen molar-refractivity contribution in [3.8, 4) is 11.5 Å². The number of ether oxygens (including phenoxy) is 1. The Morgan fingerprint density at radius 1 is 1.24 bits per heavy atom. The van der Waals surface area contributed by atoms with Crippen LogP contribution in [0.25, 0.3) is 0 Å². The Morgan fingerprint density at radius 2 is 1.95 bits per heavy atom. The minimum Gasteiger partial charge on any atom is -0.457 e. The highest BCUT2D eigenvalue weighted by Crippen LogP contribution is 2.21. The molecule has 0 aliphatic heterocycles. The third-order valence-corrected chi connectivity index (χ3v) is 2.83. The number of hydrogen-bond donors (Lipinski definition) is 2. The SMILES string of the molecule is CC(C)(CO)NC(=O)c1cccc(Oc2ccncc2)c1. The lowest BCUT2D eigenvalue weighted by atomic mass is 10.1. The van der Waals surface area contributed by atoms with E-state index in [2.05, 4.69) is 10.3 Å². The molecule has 0 spiro atoms. The van der Waals surface area contributed by atoms with Crippen LogP contribution in [0.1, 0.15) is 24.2 Å². The summed E-state index contributed by atoms with van der Waals surface area (Å²) in [4.78, 5) is 16.1. The van der Waals surface area contributed by atoms with Crippen LogP contribution in [0.4, 0.5) is 0 Å². The largest absolute Gasteiger partial charge is 0.457 e. The van der Waals surface area contributed by atoms with Gasteiger partial charge in [0.15, 0.2) is 0 Å². The van der Waals surface area contributed by atoms with Crippen molar-refractivity contribution in [3.05, 3.63) is 54.4 Å². The number of nitrogens with one attached hydrogen (secondary N) is 1. The Balaban J connectivity index is 2.12. The van der Waals surface area contributed by atoms with E-state index in [0.29, 0.717) is 17.1 Å². The Hall–Kier alpha value is -2.40. The first-order valence-corrected chi connectivity index (χ1v) is 6.61. The summed E-state index contributed by atoms with van der Waals surface area (Å²) in [6.07, 6.45) is 3.27. The molecule has 0 aliphatic carbocycles. The van der Waals surface area contributed by atoms with E-state index in [0.717, 1.165) is 0 Å². The van der Waals surface area contributed by atoms with Gasteiger partial charge in [0.2, 0.25) is 0 Å². The van der Waals surface area contributed by atoms with Gasteiger partial charge in [0.05, 0.1) is 12.1 Å². The molecule has 0 aliphatic rings. The van der Waals surface area contributed by atoms with Crippen LogP contribution in [0.5, 0.6) is 11.5 Å². The monoisotopic (exact) mass is 286 g/mol. The molecule has 1 aromatic carbocycles. The normalized spacial score (nSPS) is 11.0. The number of aliphatic hydroxyl groups is 1. The number of nitrogens with zero attached hydrogens (tertiary/aromatic N) is 1. The molecule has 0 saturated carbocycles. The minimum absolute atomic E-state index is 0.133.